The Morgan fingerprint density at radius 1 is 1.10 bits per heavy atom. The Hall–Kier alpha value is -2.90. The highest BCUT2D eigenvalue weighted by Crippen LogP contribution is 2.28. The van der Waals surface area contributed by atoms with E-state index in [1.165, 1.54) is 0 Å². The highest BCUT2D eigenvalue weighted by atomic mass is 35.5. The molecule has 0 spiro atoms. The first-order valence-electron chi connectivity index (χ1n) is 9.66. The molecule has 3 amide bonds. The van der Waals surface area contributed by atoms with Crippen molar-refractivity contribution in [3.8, 4) is 11.3 Å². The quantitative estimate of drug-likeness (QED) is 0.505. The molecule has 154 valence electrons. The first-order valence-corrected chi connectivity index (χ1v) is 10.9. The lowest BCUT2D eigenvalue weighted by atomic mass is 10.1. The zero-order chi connectivity index (χ0) is 21.1. The van der Waals surface area contributed by atoms with E-state index in [-0.39, 0.29) is 11.9 Å². The molecule has 2 aromatic carbocycles. The normalized spacial score (nSPS) is 13.0. The van der Waals surface area contributed by atoms with Crippen LogP contribution >= 0.6 is 22.9 Å². The number of urea groups is 1. The van der Waals surface area contributed by atoms with Gasteiger partial charge >= 0.3 is 6.03 Å². The minimum atomic E-state index is -0.217. The van der Waals surface area contributed by atoms with Crippen molar-refractivity contribution in [3.05, 3.63) is 69.0 Å². The van der Waals surface area contributed by atoms with Gasteiger partial charge in [0.2, 0.25) is 0 Å². The molecular weight excluding hydrogens is 420 g/mol. The van der Waals surface area contributed by atoms with Crippen LogP contribution < -0.4 is 16.0 Å². The monoisotopic (exact) mass is 440 g/mol. The summed E-state index contributed by atoms with van der Waals surface area (Å²) in [6, 6.07) is 14.4. The summed E-state index contributed by atoms with van der Waals surface area (Å²) in [5.74, 6) is -0.190. The van der Waals surface area contributed by atoms with E-state index in [1.54, 1.807) is 35.6 Å². The van der Waals surface area contributed by atoms with Gasteiger partial charge in [-0.25, -0.2) is 9.78 Å². The summed E-state index contributed by atoms with van der Waals surface area (Å²) in [6.07, 6.45) is 2.07. The summed E-state index contributed by atoms with van der Waals surface area (Å²) >= 11 is 7.51. The third kappa shape index (κ3) is 5.17. The molecule has 0 radical (unpaired) electrons. The van der Waals surface area contributed by atoms with E-state index in [4.69, 9.17) is 11.6 Å². The lowest BCUT2D eigenvalue weighted by Crippen LogP contribution is -2.30. The van der Waals surface area contributed by atoms with Crippen LogP contribution in [0.15, 0.2) is 48.5 Å². The Morgan fingerprint density at radius 3 is 2.47 bits per heavy atom. The van der Waals surface area contributed by atoms with Crippen LogP contribution in [0.4, 0.5) is 10.5 Å². The molecule has 1 heterocycles. The zero-order valence-electron chi connectivity index (χ0n) is 16.4. The fraction of sp³-hybridized carbons (Fsp3) is 0.227. The fourth-order valence-corrected chi connectivity index (χ4v) is 3.97. The SMILES string of the molecule is Cc1sc(CNC(=O)c2ccc(NC(=O)NC3CC3)cc2)nc1-c1ccc(Cl)cc1. The molecule has 0 bridgehead atoms. The maximum absolute atomic E-state index is 12.5. The Bertz CT molecular complexity index is 1060. The minimum absolute atomic E-state index is 0.190. The van der Waals surface area contributed by atoms with Crippen molar-refractivity contribution in [3.63, 3.8) is 0 Å². The lowest BCUT2D eigenvalue weighted by molar-refractivity contribution is 0.0951. The molecule has 8 heteroatoms. The van der Waals surface area contributed by atoms with E-state index in [0.29, 0.717) is 28.9 Å². The molecule has 0 saturated heterocycles. The number of nitrogens with zero attached hydrogens (tertiary/aromatic N) is 1. The number of carbonyl (C=O) groups is 2. The van der Waals surface area contributed by atoms with Crippen LogP contribution in [-0.4, -0.2) is 23.0 Å². The Balaban J connectivity index is 1.33. The van der Waals surface area contributed by atoms with E-state index >= 15 is 0 Å². The molecule has 1 aliphatic rings. The average Bonchev–Trinajstić information content (AvgIpc) is 3.46. The van der Waals surface area contributed by atoms with E-state index in [0.717, 1.165) is 34.0 Å². The van der Waals surface area contributed by atoms with Crippen molar-refractivity contribution in [2.75, 3.05) is 5.32 Å². The van der Waals surface area contributed by atoms with Crippen LogP contribution in [-0.2, 0) is 6.54 Å². The van der Waals surface area contributed by atoms with Gasteiger partial charge in [-0.1, -0.05) is 23.7 Å². The number of hydrogen-bond acceptors (Lipinski definition) is 4. The smallest absolute Gasteiger partial charge is 0.319 e. The molecule has 0 aliphatic heterocycles. The number of aryl methyl sites for hydroxylation is 1. The number of hydrogen-bond donors (Lipinski definition) is 3. The summed E-state index contributed by atoms with van der Waals surface area (Å²) in [5.41, 5.74) is 3.07. The van der Waals surface area contributed by atoms with Gasteiger partial charge in [-0.3, -0.25) is 4.79 Å². The average molecular weight is 441 g/mol. The Morgan fingerprint density at radius 2 is 1.80 bits per heavy atom. The van der Waals surface area contributed by atoms with Crippen LogP contribution in [0.25, 0.3) is 11.3 Å². The highest BCUT2D eigenvalue weighted by Gasteiger charge is 2.23. The predicted octanol–water partition coefficient (Wildman–Crippen LogP) is 4.99. The van der Waals surface area contributed by atoms with Crippen molar-refractivity contribution in [1.82, 2.24) is 15.6 Å². The van der Waals surface area contributed by atoms with Crippen LogP contribution in [0.5, 0.6) is 0 Å². The van der Waals surface area contributed by atoms with E-state index in [1.807, 2.05) is 31.2 Å². The molecule has 1 fully saturated rings. The molecule has 1 saturated carbocycles. The number of anilines is 1. The minimum Gasteiger partial charge on any atom is -0.346 e. The Kier molecular flexibility index (Phi) is 6.01. The highest BCUT2D eigenvalue weighted by molar-refractivity contribution is 7.12. The maximum atomic E-state index is 12.5. The molecule has 3 aromatic rings. The number of aromatic nitrogens is 1. The predicted molar refractivity (Wildman–Crippen MR) is 120 cm³/mol. The summed E-state index contributed by atoms with van der Waals surface area (Å²) in [6.45, 7) is 2.36. The molecule has 1 aliphatic carbocycles. The van der Waals surface area contributed by atoms with Crippen molar-refractivity contribution < 1.29 is 9.59 Å². The van der Waals surface area contributed by atoms with Crippen LogP contribution in [0.3, 0.4) is 0 Å². The van der Waals surface area contributed by atoms with Gasteiger partial charge in [-0.05, 0) is 56.2 Å². The van der Waals surface area contributed by atoms with Gasteiger partial charge in [0.1, 0.15) is 5.01 Å². The van der Waals surface area contributed by atoms with Crippen molar-refractivity contribution >= 4 is 40.6 Å². The summed E-state index contributed by atoms with van der Waals surface area (Å²) in [5, 5.41) is 10.0. The molecule has 30 heavy (non-hydrogen) atoms. The number of thiazole rings is 1. The maximum Gasteiger partial charge on any atom is 0.319 e. The van der Waals surface area contributed by atoms with Crippen molar-refractivity contribution in [2.24, 2.45) is 0 Å². The summed E-state index contributed by atoms with van der Waals surface area (Å²) < 4.78 is 0. The molecule has 3 N–H and O–H groups in total. The third-order valence-electron chi connectivity index (χ3n) is 4.68. The van der Waals surface area contributed by atoms with Crippen molar-refractivity contribution in [1.29, 1.82) is 0 Å². The lowest BCUT2D eigenvalue weighted by Gasteiger charge is -2.08. The number of halogens is 1. The molecular formula is C22H21ClN4O2S. The fourth-order valence-electron chi connectivity index (χ4n) is 2.95. The first-order chi connectivity index (χ1) is 14.5. The number of benzene rings is 2. The standard InChI is InChI=1S/C22H21ClN4O2S/c1-13-20(14-2-6-16(23)7-3-14)27-19(30-13)12-24-21(28)15-4-8-17(9-5-15)25-22(29)26-18-10-11-18/h2-9,18H,10-12H2,1H3,(H,24,28)(H2,25,26,29). The van der Waals surface area contributed by atoms with Gasteiger partial charge in [0.25, 0.3) is 5.91 Å². The second kappa shape index (κ2) is 8.85. The largest absolute Gasteiger partial charge is 0.346 e. The number of carbonyl (C=O) groups excluding carboxylic acids is 2. The van der Waals surface area contributed by atoms with E-state index in [2.05, 4.69) is 20.9 Å². The summed E-state index contributed by atoms with van der Waals surface area (Å²) in [4.78, 5) is 30.0. The summed E-state index contributed by atoms with van der Waals surface area (Å²) in [7, 11) is 0. The zero-order valence-corrected chi connectivity index (χ0v) is 17.9. The van der Waals surface area contributed by atoms with Crippen LogP contribution in [0.1, 0.15) is 33.1 Å². The number of amides is 3. The second-order valence-corrected chi connectivity index (χ2v) is 8.88. The van der Waals surface area contributed by atoms with Gasteiger partial charge < -0.3 is 16.0 Å². The Labute approximate surface area is 183 Å². The van der Waals surface area contributed by atoms with Crippen LogP contribution in [0, 0.1) is 6.92 Å². The van der Waals surface area contributed by atoms with E-state index < -0.39 is 0 Å². The van der Waals surface area contributed by atoms with Gasteiger partial charge in [0.15, 0.2) is 0 Å². The molecule has 4 rings (SSSR count). The van der Waals surface area contributed by atoms with Gasteiger partial charge in [0.05, 0.1) is 12.2 Å². The van der Waals surface area contributed by atoms with E-state index in [9.17, 15) is 9.59 Å². The topological polar surface area (TPSA) is 83.1 Å². The molecule has 6 nitrogen and oxygen atoms in total. The molecule has 1 aromatic heterocycles. The second-order valence-electron chi connectivity index (χ2n) is 7.15. The van der Waals surface area contributed by atoms with Gasteiger partial charge in [0, 0.05) is 32.8 Å². The van der Waals surface area contributed by atoms with Crippen molar-refractivity contribution in [2.45, 2.75) is 32.4 Å². The number of rotatable bonds is 6. The number of nitrogens with one attached hydrogen (secondary N) is 3. The first kappa shape index (κ1) is 20.4. The van der Waals surface area contributed by atoms with Gasteiger partial charge in [-0.2, -0.15) is 0 Å². The third-order valence-corrected chi connectivity index (χ3v) is 5.90. The molecule has 0 unspecified atom stereocenters. The van der Waals surface area contributed by atoms with Gasteiger partial charge in [-0.15, -0.1) is 11.3 Å². The molecule has 0 atom stereocenters. The van der Waals surface area contributed by atoms with Crippen LogP contribution in [0.2, 0.25) is 5.02 Å².